The molecule has 0 bridgehead atoms. The van der Waals surface area contributed by atoms with E-state index in [1.807, 2.05) is 0 Å². The van der Waals surface area contributed by atoms with Crippen LogP contribution in [-0.4, -0.2) is 0 Å². The Kier molecular flexibility index (Phi) is 40.7. The summed E-state index contributed by atoms with van der Waals surface area (Å²) < 4.78 is 0. The van der Waals surface area contributed by atoms with Crippen LogP contribution in [0.1, 0.15) is 294 Å². The first-order valence-corrected chi connectivity index (χ1v) is 25.4. The molecule has 0 aliphatic carbocycles. The topological polar surface area (TPSA) is 0 Å². The molecule has 0 amide bonds. The molecule has 312 valence electrons. The second-order valence-electron chi connectivity index (χ2n) is 17.6. The fourth-order valence-corrected chi connectivity index (χ4v) is 9.07. The van der Waals surface area contributed by atoms with Gasteiger partial charge in [-0.3, -0.25) is 0 Å². The van der Waals surface area contributed by atoms with E-state index in [-0.39, 0.29) is 5.38 Å². The molecule has 0 aliphatic heterocycles. The van der Waals surface area contributed by atoms with Crippen molar-refractivity contribution in [3.05, 3.63) is 35.9 Å². The molecule has 0 aliphatic rings. The smallest absolute Gasteiger partial charge is 0.0613 e. The van der Waals surface area contributed by atoms with Crippen molar-refractivity contribution in [1.82, 2.24) is 0 Å². The van der Waals surface area contributed by atoms with Gasteiger partial charge in [0.15, 0.2) is 0 Å². The van der Waals surface area contributed by atoms with Gasteiger partial charge in [0, 0.05) is 0 Å². The molecule has 1 atom stereocenters. The molecule has 0 nitrogen and oxygen atoms in total. The molecule has 1 aromatic rings. The number of benzene rings is 1. The predicted molar refractivity (Wildman–Crippen MR) is 244 cm³/mol. The van der Waals surface area contributed by atoms with Gasteiger partial charge in [0.25, 0.3) is 0 Å². The lowest BCUT2D eigenvalue weighted by atomic mass is 9.88. The van der Waals surface area contributed by atoms with Crippen LogP contribution in [0.5, 0.6) is 0 Å². The van der Waals surface area contributed by atoms with Gasteiger partial charge < -0.3 is 0 Å². The summed E-state index contributed by atoms with van der Waals surface area (Å²) in [6, 6.07) is 11.0. The SMILES string of the molecule is CCCCCCCCCCCCCCCCCCCCCCC(CCCCCCCCCCCCCCCCCCCCCC)C(Cl)c1ccccc1. The fourth-order valence-electron chi connectivity index (χ4n) is 8.67. The Morgan fingerprint density at radius 2 is 0.509 bits per heavy atom. The number of alkyl halides is 1. The fraction of sp³-hybridized carbons (Fsp3) is 0.885. The van der Waals surface area contributed by atoms with E-state index in [4.69, 9.17) is 11.6 Å². The van der Waals surface area contributed by atoms with Gasteiger partial charge in [0.2, 0.25) is 0 Å². The molecule has 1 unspecified atom stereocenters. The highest BCUT2D eigenvalue weighted by Gasteiger charge is 2.20. The van der Waals surface area contributed by atoms with Crippen molar-refractivity contribution in [2.24, 2.45) is 5.92 Å². The zero-order chi connectivity index (χ0) is 38.0. The van der Waals surface area contributed by atoms with E-state index in [1.165, 1.54) is 275 Å². The summed E-state index contributed by atoms with van der Waals surface area (Å²) in [5, 5.41) is 0.178. The molecule has 0 N–H and O–H groups in total. The van der Waals surface area contributed by atoms with Gasteiger partial charge in [0.05, 0.1) is 5.38 Å². The predicted octanol–water partition coefficient (Wildman–Crippen LogP) is 20.0. The third-order valence-electron chi connectivity index (χ3n) is 12.4. The van der Waals surface area contributed by atoms with Gasteiger partial charge in [-0.25, -0.2) is 0 Å². The maximum atomic E-state index is 7.15. The van der Waals surface area contributed by atoms with Gasteiger partial charge in [-0.15, -0.1) is 11.6 Å². The number of hydrogen-bond acceptors (Lipinski definition) is 0. The Bertz CT molecular complexity index is 744. The van der Waals surface area contributed by atoms with Crippen LogP contribution in [0.2, 0.25) is 0 Å². The van der Waals surface area contributed by atoms with Crippen LogP contribution in [0.4, 0.5) is 0 Å². The molecule has 0 heterocycles. The summed E-state index contributed by atoms with van der Waals surface area (Å²) in [5.41, 5.74) is 1.33. The monoisotopic (exact) mass is 757 g/mol. The number of unbranched alkanes of at least 4 members (excludes halogenated alkanes) is 38. The molecule has 1 aromatic carbocycles. The highest BCUT2D eigenvalue weighted by atomic mass is 35.5. The Labute approximate surface area is 341 Å². The normalized spacial score (nSPS) is 12.3. The number of rotatable bonds is 44. The molecule has 0 radical (unpaired) electrons. The Morgan fingerprint density at radius 3 is 0.736 bits per heavy atom. The number of halogens is 1. The molecule has 0 fully saturated rings. The summed E-state index contributed by atoms with van der Waals surface area (Å²) in [4.78, 5) is 0. The van der Waals surface area contributed by atoms with Crippen LogP contribution < -0.4 is 0 Å². The average Bonchev–Trinajstić information content (AvgIpc) is 3.18. The first-order valence-electron chi connectivity index (χ1n) is 25.0. The molecule has 53 heavy (non-hydrogen) atoms. The van der Waals surface area contributed by atoms with Crippen LogP contribution >= 0.6 is 11.6 Å². The molecule has 0 saturated heterocycles. The summed E-state index contributed by atoms with van der Waals surface area (Å²) >= 11 is 7.15. The van der Waals surface area contributed by atoms with Crippen LogP contribution in [0.15, 0.2) is 30.3 Å². The second kappa shape index (κ2) is 42.6. The Hall–Kier alpha value is -0.490. The minimum absolute atomic E-state index is 0.178. The lowest BCUT2D eigenvalue weighted by Crippen LogP contribution is -2.09. The molecular weight excluding hydrogens is 660 g/mol. The molecular formula is C52H97Cl. The van der Waals surface area contributed by atoms with E-state index in [0.717, 1.165) is 0 Å². The van der Waals surface area contributed by atoms with Crippen molar-refractivity contribution in [2.45, 2.75) is 289 Å². The zero-order valence-corrected chi connectivity index (χ0v) is 37.4. The lowest BCUT2D eigenvalue weighted by Gasteiger charge is -2.23. The molecule has 1 heteroatoms. The van der Waals surface area contributed by atoms with Gasteiger partial charge in [0.1, 0.15) is 0 Å². The maximum absolute atomic E-state index is 7.15. The Morgan fingerprint density at radius 1 is 0.302 bits per heavy atom. The van der Waals surface area contributed by atoms with E-state index in [1.54, 1.807) is 0 Å². The molecule has 0 aromatic heterocycles. The van der Waals surface area contributed by atoms with Crippen molar-refractivity contribution in [3.63, 3.8) is 0 Å². The van der Waals surface area contributed by atoms with Gasteiger partial charge in [-0.05, 0) is 24.3 Å². The third-order valence-corrected chi connectivity index (χ3v) is 13.0. The van der Waals surface area contributed by atoms with E-state index in [0.29, 0.717) is 5.92 Å². The summed E-state index contributed by atoms with van der Waals surface area (Å²) in [5.74, 6) is 0.630. The number of hydrogen-bond donors (Lipinski definition) is 0. The highest BCUT2D eigenvalue weighted by molar-refractivity contribution is 6.21. The van der Waals surface area contributed by atoms with Gasteiger partial charge >= 0.3 is 0 Å². The van der Waals surface area contributed by atoms with E-state index in [2.05, 4.69) is 44.2 Å². The molecule has 0 spiro atoms. The summed E-state index contributed by atoms with van der Waals surface area (Å²) in [6.07, 6.45) is 60.6. The van der Waals surface area contributed by atoms with Crippen molar-refractivity contribution in [1.29, 1.82) is 0 Å². The van der Waals surface area contributed by atoms with Crippen LogP contribution in [0.25, 0.3) is 0 Å². The quantitative estimate of drug-likeness (QED) is 0.0459. The van der Waals surface area contributed by atoms with Gasteiger partial charge in [-0.2, -0.15) is 0 Å². The minimum Gasteiger partial charge on any atom is -0.118 e. The standard InChI is InChI=1S/C52H97Cl/c1-3-5-7-9-11-13-15-17-19-21-23-25-27-29-31-33-35-37-39-42-46-50(52(53)51-48-44-41-45-49-51)47-43-40-38-36-34-32-30-28-26-24-22-20-18-16-14-12-10-8-6-4-2/h41,44-45,48-50,52H,3-40,42-43,46-47H2,1-2H3. The van der Waals surface area contributed by atoms with Crippen molar-refractivity contribution < 1.29 is 0 Å². The summed E-state index contributed by atoms with van der Waals surface area (Å²) in [6.45, 7) is 4.62. The van der Waals surface area contributed by atoms with E-state index in [9.17, 15) is 0 Å². The lowest BCUT2D eigenvalue weighted by molar-refractivity contribution is 0.390. The first-order chi connectivity index (χ1) is 26.3. The highest BCUT2D eigenvalue weighted by Crippen LogP contribution is 2.36. The van der Waals surface area contributed by atoms with Crippen molar-refractivity contribution in [2.75, 3.05) is 0 Å². The molecule has 0 saturated carbocycles. The average molecular weight is 758 g/mol. The van der Waals surface area contributed by atoms with E-state index >= 15 is 0 Å². The largest absolute Gasteiger partial charge is 0.118 e. The third kappa shape index (κ3) is 35.7. The van der Waals surface area contributed by atoms with Crippen LogP contribution in [0.3, 0.4) is 0 Å². The second-order valence-corrected chi connectivity index (χ2v) is 18.1. The zero-order valence-electron chi connectivity index (χ0n) is 36.6. The van der Waals surface area contributed by atoms with Crippen LogP contribution in [-0.2, 0) is 0 Å². The molecule has 1 rings (SSSR count). The van der Waals surface area contributed by atoms with Crippen LogP contribution in [0, 0.1) is 5.92 Å². The maximum Gasteiger partial charge on any atom is 0.0613 e. The van der Waals surface area contributed by atoms with Crippen molar-refractivity contribution in [3.8, 4) is 0 Å². The minimum atomic E-state index is 0.178. The Balaban J connectivity index is 1.98. The first kappa shape index (κ1) is 50.5. The van der Waals surface area contributed by atoms with E-state index < -0.39 is 0 Å². The van der Waals surface area contributed by atoms with Crippen molar-refractivity contribution >= 4 is 11.6 Å². The summed E-state index contributed by atoms with van der Waals surface area (Å²) in [7, 11) is 0. The van der Waals surface area contributed by atoms with Gasteiger partial charge in [-0.1, -0.05) is 301 Å².